The van der Waals surface area contributed by atoms with Gasteiger partial charge in [0.2, 0.25) is 0 Å². The first-order valence-electron chi connectivity index (χ1n) is 5.85. The molecule has 0 unspecified atom stereocenters. The Morgan fingerprint density at radius 3 is 2.44 bits per heavy atom. The monoisotopic (exact) mass is 278 g/mol. The van der Waals surface area contributed by atoms with Crippen molar-refractivity contribution in [3.8, 4) is 0 Å². The second-order valence-corrected chi connectivity index (χ2v) is 4.07. The highest BCUT2D eigenvalue weighted by Gasteiger charge is 2.36. The second-order valence-electron chi connectivity index (χ2n) is 4.07. The van der Waals surface area contributed by atoms with Crippen molar-refractivity contribution in [3.05, 3.63) is 12.7 Å². The summed E-state index contributed by atoms with van der Waals surface area (Å²) in [4.78, 5) is 23.4. The minimum atomic E-state index is -0.761. The van der Waals surface area contributed by atoms with Crippen LogP contribution in [0.4, 0.5) is 0 Å². The van der Waals surface area contributed by atoms with Gasteiger partial charge in [0.1, 0.15) is 6.04 Å². The maximum absolute atomic E-state index is 12.0. The zero-order valence-electron chi connectivity index (χ0n) is 11.3. The molecule has 0 saturated carbocycles. The van der Waals surface area contributed by atoms with Crippen LogP contribution >= 0.6 is 0 Å². The largest absolute Gasteiger partial charge is 1.00 e. The molecule has 0 saturated heterocycles. The van der Waals surface area contributed by atoms with Crippen LogP contribution in [-0.4, -0.2) is 30.1 Å². The van der Waals surface area contributed by atoms with Crippen molar-refractivity contribution in [2.75, 3.05) is 6.61 Å². The van der Waals surface area contributed by atoms with Crippen molar-refractivity contribution in [2.24, 2.45) is 0 Å². The number of hydrogen-bond donors (Lipinski definition) is 2. The molecule has 4 N–H and O–H groups in total. The summed E-state index contributed by atoms with van der Waals surface area (Å²) in [5, 5.41) is 2.62. The van der Waals surface area contributed by atoms with Gasteiger partial charge in [0.05, 0.1) is 6.61 Å². The zero-order chi connectivity index (χ0) is 13.5. The van der Waals surface area contributed by atoms with Gasteiger partial charge in [-0.3, -0.25) is 4.79 Å². The number of quaternary nitrogens is 1. The molecular formula is C12H23ClN2O3. The predicted molar refractivity (Wildman–Crippen MR) is 65.0 cm³/mol. The van der Waals surface area contributed by atoms with E-state index in [1.807, 2.05) is 6.92 Å². The Balaban J connectivity index is 0. The lowest BCUT2D eigenvalue weighted by atomic mass is 9.92. The molecule has 6 heteroatoms. The first-order valence-corrected chi connectivity index (χ1v) is 5.85. The lowest BCUT2D eigenvalue weighted by molar-refractivity contribution is -0.458. The van der Waals surface area contributed by atoms with E-state index in [0.717, 1.165) is 0 Å². The van der Waals surface area contributed by atoms with E-state index in [1.54, 1.807) is 19.9 Å². The first kappa shape index (κ1) is 19.3. The fourth-order valence-electron chi connectivity index (χ4n) is 1.35. The minimum absolute atomic E-state index is 0. The SMILES string of the molecule is C=CC[C@@]([NH3+])(CC)C(=O)N[C@H](C)C(=O)OCC.[Cl-]. The van der Waals surface area contributed by atoms with Crippen LogP contribution in [0.15, 0.2) is 12.7 Å². The van der Waals surface area contributed by atoms with Gasteiger partial charge >= 0.3 is 5.97 Å². The lowest BCUT2D eigenvalue weighted by Crippen LogP contribution is -3.00. The highest BCUT2D eigenvalue weighted by atomic mass is 35.5. The molecule has 0 heterocycles. The molecule has 0 aliphatic rings. The smallest absolute Gasteiger partial charge is 0.328 e. The van der Waals surface area contributed by atoms with Crippen LogP contribution < -0.4 is 23.5 Å². The highest BCUT2D eigenvalue weighted by molar-refractivity contribution is 5.89. The molecule has 0 fully saturated rings. The lowest BCUT2D eigenvalue weighted by Gasteiger charge is -2.23. The fourth-order valence-corrected chi connectivity index (χ4v) is 1.35. The summed E-state index contributed by atoms with van der Waals surface area (Å²) in [6, 6.07) is -0.653. The maximum Gasteiger partial charge on any atom is 0.328 e. The Morgan fingerprint density at radius 2 is 2.06 bits per heavy atom. The van der Waals surface area contributed by atoms with Gasteiger partial charge in [-0.05, 0) is 13.8 Å². The Morgan fingerprint density at radius 1 is 1.50 bits per heavy atom. The number of halogens is 1. The van der Waals surface area contributed by atoms with E-state index in [-0.39, 0.29) is 18.3 Å². The van der Waals surface area contributed by atoms with E-state index in [0.29, 0.717) is 19.4 Å². The van der Waals surface area contributed by atoms with Crippen molar-refractivity contribution >= 4 is 11.9 Å². The molecule has 18 heavy (non-hydrogen) atoms. The number of carbonyl (C=O) groups is 2. The number of rotatable bonds is 7. The summed E-state index contributed by atoms with van der Waals surface area (Å²) in [6.07, 6.45) is 2.72. The zero-order valence-corrected chi connectivity index (χ0v) is 12.0. The van der Waals surface area contributed by atoms with Crippen LogP contribution in [0.1, 0.15) is 33.6 Å². The van der Waals surface area contributed by atoms with E-state index in [2.05, 4.69) is 17.6 Å². The van der Waals surface area contributed by atoms with Gasteiger partial charge < -0.3 is 28.2 Å². The van der Waals surface area contributed by atoms with Gasteiger partial charge in [0, 0.05) is 12.8 Å². The quantitative estimate of drug-likeness (QED) is 0.385. The van der Waals surface area contributed by atoms with Crippen LogP contribution in [0, 0.1) is 0 Å². The molecule has 0 aliphatic heterocycles. The molecule has 0 aromatic rings. The third kappa shape index (κ3) is 5.51. The van der Waals surface area contributed by atoms with Crippen LogP contribution in [-0.2, 0) is 14.3 Å². The topological polar surface area (TPSA) is 83.0 Å². The van der Waals surface area contributed by atoms with Gasteiger partial charge in [-0.25, -0.2) is 4.79 Å². The molecule has 0 aromatic carbocycles. The number of ether oxygens (including phenoxy) is 1. The third-order valence-corrected chi connectivity index (χ3v) is 2.68. The van der Waals surface area contributed by atoms with Crippen molar-refractivity contribution < 1.29 is 32.5 Å². The van der Waals surface area contributed by atoms with Gasteiger partial charge in [0.25, 0.3) is 5.91 Å². The summed E-state index contributed by atoms with van der Waals surface area (Å²) < 4.78 is 4.82. The van der Waals surface area contributed by atoms with Crippen molar-refractivity contribution in [2.45, 2.75) is 45.2 Å². The van der Waals surface area contributed by atoms with E-state index >= 15 is 0 Å². The van der Waals surface area contributed by atoms with Crippen LogP contribution in [0.5, 0.6) is 0 Å². The summed E-state index contributed by atoms with van der Waals surface area (Å²) in [7, 11) is 0. The molecule has 0 aromatic heterocycles. The number of nitrogens with one attached hydrogen (secondary N) is 1. The molecule has 5 nitrogen and oxygen atoms in total. The number of carbonyl (C=O) groups excluding carboxylic acids is 2. The van der Waals surface area contributed by atoms with Gasteiger partial charge in [-0.1, -0.05) is 13.0 Å². The third-order valence-electron chi connectivity index (χ3n) is 2.68. The molecule has 1 amide bonds. The Hall–Kier alpha value is -1.07. The minimum Gasteiger partial charge on any atom is -1.00 e. The molecule has 0 spiro atoms. The van der Waals surface area contributed by atoms with Gasteiger partial charge in [0.15, 0.2) is 5.54 Å². The van der Waals surface area contributed by atoms with Crippen LogP contribution in [0.2, 0.25) is 0 Å². The van der Waals surface area contributed by atoms with E-state index < -0.39 is 17.6 Å². The van der Waals surface area contributed by atoms with Crippen molar-refractivity contribution in [3.63, 3.8) is 0 Å². The standard InChI is InChI=1S/C12H22N2O3.ClH/c1-5-8-12(13,6-2)11(16)14-9(4)10(15)17-7-3;/h5,9H,1,6-8,13H2,2-4H3,(H,14,16);1H/t9-,12+;/m1./s1. The first-order chi connectivity index (χ1) is 7.91. The number of esters is 1. The van der Waals surface area contributed by atoms with Crippen LogP contribution in [0.25, 0.3) is 0 Å². The normalized spacial score (nSPS) is 14.7. The molecule has 106 valence electrons. The average molecular weight is 279 g/mol. The molecule has 0 aliphatic carbocycles. The maximum atomic E-state index is 12.0. The number of hydrogen-bond acceptors (Lipinski definition) is 3. The summed E-state index contributed by atoms with van der Waals surface area (Å²) in [6.45, 7) is 9.11. The van der Waals surface area contributed by atoms with E-state index in [4.69, 9.17) is 4.74 Å². The van der Waals surface area contributed by atoms with E-state index in [1.165, 1.54) is 0 Å². The Labute approximate surface area is 115 Å². The number of amides is 1. The Bertz CT molecular complexity index is 297. The Kier molecular flexibility index (Phi) is 9.57. The van der Waals surface area contributed by atoms with Crippen LogP contribution in [0.3, 0.4) is 0 Å². The molecule has 2 atom stereocenters. The van der Waals surface area contributed by atoms with Gasteiger partial charge in [-0.15, -0.1) is 6.58 Å². The molecular weight excluding hydrogens is 256 g/mol. The fraction of sp³-hybridized carbons (Fsp3) is 0.667. The molecule has 0 bridgehead atoms. The summed E-state index contributed by atoms with van der Waals surface area (Å²) >= 11 is 0. The van der Waals surface area contributed by atoms with Crippen molar-refractivity contribution in [1.29, 1.82) is 0 Å². The predicted octanol–water partition coefficient (Wildman–Crippen LogP) is -2.97. The van der Waals surface area contributed by atoms with Gasteiger partial charge in [-0.2, -0.15) is 0 Å². The average Bonchev–Trinajstić information content (AvgIpc) is 2.29. The summed E-state index contributed by atoms with van der Waals surface area (Å²) in [5.74, 6) is -0.682. The van der Waals surface area contributed by atoms with E-state index in [9.17, 15) is 9.59 Å². The second kappa shape index (κ2) is 8.94. The molecule has 0 radical (unpaired) electrons. The highest BCUT2D eigenvalue weighted by Crippen LogP contribution is 2.10. The molecule has 0 rings (SSSR count). The summed E-state index contributed by atoms with van der Waals surface area (Å²) in [5.41, 5.74) is 3.14. The van der Waals surface area contributed by atoms with Crippen molar-refractivity contribution in [1.82, 2.24) is 5.32 Å².